The number of rotatable bonds is 1. The van der Waals surface area contributed by atoms with Crippen molar-refractivity contribution in [1.82, 2.24) is 4.90 Å². The Labute approximate surface area is 128 Å². The highest BCUT2D eigenvalue weighted by Gasteiger charge is 2.47. The molecule has 8 heteroatoms. The number of benzene rings is 1. The fraction of sp³-hybridized carbons (Fsp3) is 0.357. The molecular weight excluding hydrogens is 306 g/mol. The summed E-state index contributed by atoms with van der Waals surface area (Å²) in [5.74, 6) is -1.60. The summed E-state index contributed by atoms with van der Waals surface area (Å²) in [6.45, 7) is 3.66. The lowest BCUT2D eigenvalue weighted by Crippen LogP contribution is -2.42. The summed E-state index contributed by atoms with van der Waals surface area (Å²) in [6, 6.07) is 7.14. The van der Waals surface area contributed by atoms with E-state index in [2.05, 4.69) is 4.79 Å². The lowest BCUT2D eigenvalue weighted by molar-refractivity contribution is -0.139. The Balaban J connectivity index is 2.40. The fourth-order valence-electron chi connectivity index (χ4n) is 2.30. The van der Waals surface area contributed by atoms with Gasteiger partial charge in [-0.05, 0) is 17.5 Å². The van der Waals surface area contributed by atoms with Gasteiger partial charge < -0.3 is 5.53 Å². The summed E-state index contributed by atoms with van der Waals surface area (Å²) >= 11 is 0. The maximum absolute atomic E-state index is 12.4. The van der Waals surface area contributed by atoms with Crippen LogP contribution >= 0.6 is 0 Å². The molecule has 1 fully saturated rings. The number of amides is 2. The molecule has 22 heavy (non-hydrogen) atoms. The first kappa shape index (κ1) is 16.1. The van der Waals surface area contributed by atoms with Crippen LogP contribution in [0.1, 0.15) is 20.3 Å². The molecule has 2 rings (SSSR count). The van der Waals surface area contributed by atoms with Gasteiger partial charge >= 0.3 is 11.0 Å². The third-order valence-electron chi connectivity index (χ3n) is 3.34. The number of nitrogens with zero attached hydrogens (tertiary/aromatic N) is 3. The molecule has 0 unspecified atom stereocenters. The molecule has 0 aromatic heterocycles. The molecule has 116 valence electrons. The molecule has 0 N–H and O–H groups in total. The SMILES string of the molecule is CC1(C)CC(=O)N(C(=O)C(=[N+]=[N-])S(=O)(=O)c2ccccc2)C1. The Morgan fingerprint density at radius 3 is 2.32 bits per heavy atom. The maximum atomic E-state index is 12.4. The van der Waals surface area contributed by atoms with Crippen molar-refractivity contribution in [2.45, 2.75) is 25.2 Å². The minimum Gasteiger partial charge on any atom is -0.360 e. The quantitative estimate of drug-likeness (QED) is 0.331. The van der Waals surface area contributed by atoms with E-state index in [0.29, 0.717) is 0 Å². The summed E-state index contributed by atoms with van der Waals surface area (Å²) in [7, 11) is -4.29. The van der Waals surface area contributed by atoms with E-state index in [0.717, 1.165) is 4.90 Å². The average molecular weight is 321 g/mol. The van der Waals surface area contributed by atoms with Crippen LogP contribution < -0.4 is 0 Å². The summed E-state index contributed by atoms with van der Waals surface area (Å²) in [4.78, 5) is 27.5. The third kappa shape index (κ3) is 2.84. The molecule has 1 aliphatic rings. The molecule has 1 heterocycles. The van der Waals surface area contributed by atoms with E-state index in [1.165, 1.54) is 24.3 Å². The van der Waals surface area contributed by atoms with Gasteiger partial charge in [0.15, 0.2) is 0 Å². The lowest BCUT2D eigenvalue weighted by atomic mass is 9.93. The molecule has 0 aliphatic carbocycles. The first-order valence-electron chi connectivity index (χ1n) is 6.56. The van der Waals surface area contributed by atoms with Crippen LogP contribution in [-0.4, -0.2) is 41.5 Å². The zero-order chi connectivity index (χ0) is 16.5. The van der Waals surface area contributed by atoms with Crippen molar-refractivity contribution >= 4 is 26.7 Å². The number of sulfone groups is 1. The number of hydrogen-bond acceptors (Lipinski definition) is 4. The van der Waals surface area contributed by atoms with Crippen LogP contribution in [0, 0.1) is 5.41 Å². The van der Waals surface area contributed by atoms with Crippen molar-refractivity contribution < 1.29 is 22.8 Å². The summed E-state index contributed by atoms with van der Waals surface area (Å²) in [5.41, 5.74) is 8.58. The topological polar surface area (TPSA) is 108 Å². The Bertz CT molecular complexity index is 778. The van der Waals surface area contributed by atoms with Crippen LogP contribution in [0.2, 0.25) is 0 Å². The zero-order valence-electron chi connectivity index (χ0n) is 12.2. The molecule has 2 amide bonds. The van der Waals surface area contributed by atoms with Crippen LogP contribution in [0.15, 0.2) is 35.2 Å². The molecule has 1 aromatic carbocycles. The number of imide groups is 1. The molecule has 0 saturated carbocycles. The van der Waals surface area contributed by atoms with Gasteiger partial charge in [-0.25, -0.2) is 8.42 Å². The van der Waals surface area contributed by atoms with Crippen LogP contribution in [0.4, 0.5) is 0 Å². The van der Waals surface area contributed by atoms with Crippen molar-refractivity contribution in [2.75, 3.05) is 6.54 Å². The first-order chi connectivity index (χ1) is 10.2. The molecular formula is C14H15N3O4S. The van der Waals surface area contributed by atoms with Crippen LogP contribution in [-0.2, 0) is 19.4 Å². The zero-order valence-corrected chi connectivity index (χ0v) is 13.0. The van der Waals surface area contributed by atoms with Gasteiger partial charge in [-0.1, -0.05) is 32.0 Å². The van der Waals surface area contributed by atoms with Crippen molar-refractivity contribution in [3.05, 3.63) is 35.9 Å². The number of carbonyl (C=O) groups excluding carboxylic acids is 2. The van der Waals surface area contributed by atoms with Crippen molar-refractivity contribution in [2.24, 2.45) is 5.41 Å². The average Bonchev–Trinajstić information content (AvgIpc) is 2.73. The smallest absolute Gasteiger partial charge is 0.360 e. The molecule has 0 radical (unpaired) electrons. The second-order valence-electron chi connectivity index (χ2n) is 5.85. The molecule has 0 bridgehead atoms. The van der Waals surface area contributed by atoms with Gasteiger partial charge in [-0.15, -0.1) is 4.79 Å². The van der Waals surface area contributed by atoms with Crippen LogP contribution in [0.25, 0.3) is 5.53 Å². The number of hydrogen-bond donors (Lipinski definition) is 0. The molecule has 1 aromatic rings. The second kappa shape index (κ2) is 5.47. The predicted octanol–water partition coefficient (Wildman–Crippen LogP) is 0.874. The van der Waals surface area contributed by atoms with E-state index >= 15 is 0 Å². The van der Waals surface area contributed by atoms with E-state index in [1.807, 2.05) is 0 Å². The highest BCUT2D eigenvalue weighted by molar-refractivity contribution is 8.08. The molecule has 0 spiro atoms. The van der Waals surface area contributed by atoms with Gasteiger partial charge in [0.25, 0.3) is 9.84 Å². The molecule has 0 atom stereocenters. The van der Waals surface area contributed by atoms with Crippen LogP contribution in [0.5, 0.6) is 0 Å². The van der Waals surface area contributed by atoms with Crippen molar-refractivity contribution in [1.29, 1.82) is 0 Å². The minimum absolute atomic E-state index is 0.0774. The largest absolute Gasteiger partial charge is 0.474 e. The van der Waals surface area contributed by atoms with E-state index < -0.39 is 32.1 Å². The monoisotopic (exact) mass is 321 g/mol. The summed E-state index contributed by atoms with van der Waals surface area (Å²) in [6.07, 6.45) is 0.128. The maximum Gasteiger partial charge on any atom is 0.474 e. The van der Waals surface area contributed by atoms with Crippen molar-refractivity contribution in [3.8, 4) is 0 Å². The van der Waals surface area contributed by atoms with E-state index in [-0.39, 0.29) is 17.9 Å². The van der Waals surface area contributed by atoms with E-state index in [4.69, 9.17) is 5.53 Å². The number of carbonyl (C=O) groups is 2. The third-order valence-corrected chi connectivity index (χ3v) is 5.00. The Hall–Kier alpha value is -2.31. The highest BCUT2D eigenvalue weighted by Crippen LogP contribution is 2.30. The Morgan fingerprint density at radius 2 is 1.86 bits per heavy atom. The molecule has 1 aliphatic heterocycles. The van der Waals surface area contributed by atoms with Gasteiger partial charge in [0, 0.05) is 13.0 Å². The Kier molecular flexibility index (Phi) is 4.00. The van der Waals surface area contributed by atoms with Gasteiger partial charge in [-0.2, -0.15) is 0 Å². The molecule has 1 saturated heterocycles. The van der Waals surface area contributed by atoms with Gasteiger partial charge in [-0.3, -0.25) is 14.5 Å². The van der Waals surface area contributed by atoms with Crippen molar-refractivity contribution in [3.63, 3.8) is 0 Å². The standard InChI is InChI=1S/C14H15N3O4S/c1-14(2)8-11(18)17(9-14)13(19)12(16-15)22(20,21)10-6-4-3-5-7-10/h3-7H,8-9H2,1-2H3. The summed E-state index contributed by atoms with van der Waals surface area (Å²) < 4.78 is 24.8. The predicted molar refractivity (Wildman–Crippen MR) is 77.4 cm³/mol. The second-order valence-corrected chi connectivity index (χ2v) is 7.71. The van der Waals surface area contributed by atoms with E-state index in [1.54, 1.807) is 19.9 Å². The van der Waals surface area contributed by atoms with Gasteiger partial charge in [0.1, 0.15) is 0 Å². The van der Waals surface area contributed by atoms with Gasteiger partial charge in [0.05, 0.1) is 4.90 Å². The normalized spacial score (nSPS) is 17.2. The highest BCUT2D eigenvalue weighted by atomic mass is 32.2. The minimum atomic E-state index is -4.29. The molecule has 7 nitrogen and oxygen atoms in total. The Morgan fingerprint density at radius 1 is 1.27 bits per heavy atom. The van der Waals surface area contributed by atoms with E-state index in [9.17, 15) is 18.0 Å². The first-order valence-corrected chi connectivity index (χ1v) is 8.04. The van der Waals surface area contributed by atoms with Crippen LogP contribution in [0.3, 0.4) is 0 Å². The van der Waals surface area contributed by atoms with Gasteiger partial charge in [0.2, 0.25) is 5.91 Å². The number of likely N-dealkylation sites (tertiary alicyclic amines) is 1. The lowest BCUT2D eigenvalue weighted by Gasteiger charge is -2.16. The fourth-order valence-corrected chi connectivity index (χ4v) is 3.49. The summed E-state index contributed by atoms with van der Waals surface area (Å²) in [5, 5.41) is -1.05.